The van der Waals surface area contributed by atoms with Crippen molar-refractivity contribution in [1.82, 2.24) is 14.8 Å². The average molecular weight is 388 g/mol. The van der Waals surface area contributed by atoms with Crippen molar-refractivity contribution in [2.45, 2.75) is 25.1 Å². The lowest BCUT2D eigenvalue weighted by Gasteiger charge is -2.31. The van der Waals surface area contributed by atoms with E-state index in [9.17, 15) is 22.8 Å². The van der Waals surface area contributed by atoms with Crippen LogP contribution in [0.15, 0.2) is 42.6 Å². The lowest BCUT2D eigenvalue weighted by molar-refractivity contribution is -0.141. The van der Waals surface area contributed by atoms with Gasteiger partial charge < -0.3 is 10.1 Å². The Morgan fingerprint density at radius 1 is 1.21 bits per heavy atom. The summed E-state index contributed by atoms with van der Waals surface area (Å²) in [6.45, 7) is 0. The maximum Gasteiger partial charge on any atom is 0.433 e. The van der Waals surface area contributed by atoms with E-state index < -0.39 is 17.8 Å². The van der Waals surface area contributed by atoms with Crippen LogP contribution in [0.5, 0.6) is 0 Å². The van der Waals surface area contributed by atoms with Crippen molar-refractivity contribution >= 4 is 28.8 Å². The van der Waals surface area contributed by atoms with Crippen molar-refractivity contribution in [1.29, 1.82) is 0 Å². The van der Waals surface area contributed by atoms with Crippen molar-refractivity contribution in [3.63, 3.8) is 0 Å². The number of alkyl halides is 3. The number of nitrogens with one attached hydrogen (secondary N) is 1. The van der Waals surface area contributed by atoms with Gasteiger partial charge in [-0.15, -0.1) is 0 Å². The lowest BCUT2D eigenvalue weighted by atomic mass is 9.81. The predicted octanol–water partition coefficient (Wildman–Crippen LogP) is 3.85. The third-order valence-electron chi connectivity index (χ3n) is 4.77. The van der Waals surface area contributed by atoms with Crippen molar-refractivity contribution in [2.24, 2.45) is 5.92 Å². The number of nitrogens with zero attached hydrogens (tertiary/aromatic N) is 3. The SMILES string of the molecule is O=CC1CC(n2cc3cc(NC(=O)c4cccc(C(F)(F)F)n4)ccc3n2)C1. The number of carbonyl (C=O) groups is 2. The van der Waals surface area contributed by atoms with Crippen molar-refractivity contribution in [2.75, 3.05) is 5.32 Å². The minimum Gasteiger partial charge on any atom is -0.321 e. The molecule has 0 spiro atoms. The van der Waals surface area contributed by atoms with Crippen LogP contribution in [0.1, 0.15) is 35.1 Å². The summed E-state index contributed by atoms with van der Waals surface area (Å²) in [6.07, 6.45) is -0.326. The minimum absolute atomic E-state index is 0.0760. The number of halogens is 3. The van der Waals surface area contributed by atoms with Crippen LogP contribution in [0, 0.1) is 5.92 Å². The fraction of sp³-hybridized carbons (Fsp3) is 0.263. The van der Waals surface area contributed by atoms with Gasteiger partial charge in [0.15, 0.2) is 0 Å². The highest BCUT2D eigenvalue weighted by Gasteiger charge is 2.33. The van der Waals surface area contributed by atoms with Crippen LogP contribution in [-0.2, 0) is 11.0 Å². The van der Waals surface area contributed by atoms with Gasteiger partial charge in [0.05, 0.1) is 11.6 Å². The summed E-state index contributed by atoms with van der Waals surface area (Å²) in [6, 6.07) is 8.39. The highest BCUT2D eigenvalue weighted by molar-refractivity contribution is 6.03. The fourth-order valence-corrected chi connectivity index (χ4v) is 3.18. The van der Waals surface area contributed by atoms with Crippen LogP contribution < -0.4 is 5.32 Å². The predicted molar refractivity (Wildman–Crippen MR) is 94.8 cm³/mol. The van der Waals surface area contributed by atoms with Gasteiger partial charge in [0.25, 0.3) is 5.91 Å². The number of carbonyl (C=O) groups excluding carboxylic acids is 2. The molecule has 0 unspecified atom stereocenters. The molecule has 9 heteroatoms. The Morgan fingerprint density at radius 3 is 2.71 bits per heavy atom. The maximum atomic E-state index is 12.8. The zero-order valence-corrected chi connectivity index (χ0v) is 14.5. The molecule has 28 heavy (non-hydrogen) atoms. The van der Waals surface area contributed by atoms with Crippen LogP contribution in [0.4, 0.5) is 18.9 Å². The third kappa shape index (κ3) is 3.47. The first-order valence-corrected chi connectivity index (χ1v) is 8.63. The molecule has 0 radical (unpaired) electrons. The normalized spacial score (nSPS) is 19.2. The Labute approximate surface area is 157 Å². The van der Waals surface area contributed by atoms with Gasteiger partial charge in [-0.3, -0.25) is 9.48 Å². The van der Waals surface area contributed by atoms with E-state index in [1.165, 1.54) is 6.07 Å². The quantitative estimate of drug-likeness (QED) is 0.689. The molecule has 2 heterocycles. The highest BCUT2D eigenvalue weighted by atomic mass is 19.4. The van der Waals surface area contributed by atoms with Gasteiger partial charge in [0.1, 0.15) is 17.7 Å². The Kier molecular flexibility index (Phi) is 4.37. The first-order valence-electron chi connectivity index (χ1n) is 8.63. The van der Waals surface area contributed by atoms with Gasteiger partial charge in [-0.1, -0.05) is 6.07 Å². The highest BCUT2D eigenvalue weighted by Crippen LogP contribution is 2.36. The van der Waals surface area contributed by atoms with Gasteiger partial charge in [-0.2, -0.15) is 18.3 Å². The molecule has 0 atom stereocenters. The van der Waals surface area contributed by atoms with Crippen LogP contribution in [0.25, 0.3) is 10.9 Å². The van der Waals surface area contributed by atoms with E-state index in [1.807, 2.05) is 10.9 Å². The molecule has 1 aromatic carbocycles. The first-order chi connectivity index (χ1) is 13.3. The standard InChI is InChI=1S/C19H15F3N4O2/c20-19(21,22)17-3-1-2-16(24-17)18(28)23-13-4-5-15-12(8-13)9-26(25-15)14-6-11(7-14)10-27/h1-5,8-11,14H,6-7H2,(H,23,28). The summed E-state index contributed by atoms with van der Waals surface area (Å²) in [5, 5.41) is 7.81. The zero-order chi connectivity index (χ0) is 19.9. The zero-order valence-electron chi connectivity index (χ0n) is 14.5. The molecular formula is C19H15F3N4O2. The van der Waals surface area contributed by atoms with E-state index in [0.717, 1.165) is 42.2 Å². The molecule has 4 rings (SSSR count). The number of rotatable bonds is 4. The Morgan fingerprint density at radius 2 is 2.00 bits per heavy atom. The molecule has 3 aromatic rings. The van der Waals surface area contributed by atoms with Gasteiger partial charge in [0, 0.05) is 23.2 Å². The largest absolute Gasteiger partial charge is 0.433 e. The monoisotopic (exact) mass is 388 g/mol. The Balaban J connectivity index is 1.52. The second-order valence-corrected chi connectivity index (χ2v) is 6.76. The molecule has 1 aliphatic carbocycles. The summed E-state index contributed by atoms with van der Waals surface area (Å²) in [5.41, 5.74) is -0.286. The van der Waals surface area contributed by atoms with Crippen molar-refractivity contribution in [3.05, 3.63) is 54.0 Å². The van der Waals surface area contributed by atoms with Gasteiger partial charge >= 0.3 is 6.18 Å². The minimum atomic E-state index is -4.62. The second kappa shape index (κ2) is 6.74. The molecule has 1 saturated carbocycles. The maximum absolute atomic E-state index is 12.8. The first kappa shape index (κ1) is 18.1. The number of amides is 1. The Bertz CT molecular complexity index is 1050. The molecule has 144 valence electrons. The molecule has 0 aliphatic heterocycles. The molecule has 2 aromatic heterocycles. The molecular weight excluding hydrogens is 373 g/mol. The van der Waals surface area contributed by atoms with E-state index in [0.29, 0.717) is 5.69 Å². The molecule has 6 nitrogen and oxygen atoms in total. The fourth-order valence-electron chi connectivity index (χ4n) is 3.18. The van der Waals surface area contributed by atoms with Crippen LogP contribution in [-0.4, -0.2) is 27.0 Å². The lowest BCUT2D eigenvalue weighted by Crippen LogP contribution is -2.27. The number of hydrogen-bond acceptors (Lipinski definition) is 4. The number of anilines is 1. The van der Waals surface area contributed by atoms with Crippen LogP contribution in [0.3, 0.4) is 0 Å². The second-order valence-electron chi connectivity index (χ2n) is 6.76. The summed E-state index contributed by atoms with van der Waals surface area (Å²) in [5.74, 6) is -0.655. The number of aromatic nitrogens is 3. The summed E-state index contributed by atoms with van der Waals surface area (Å²) < 4.78 is 40.1. The Hall–Kier alpha value is -3.23. The van der Waals surface area contributed by atoms with Crippen molar-refractivity contribution < 1.29 is 22.8 Å². The van der Waals surface area contributed by atoms with Crippen LogP contribution in [0.2, 0.25) is 0 Å². The van der Waals surface area contributed by atoms with E-state index in [-0.39, 0.29) is 17.7 Å². The molecule has 0 bridgehead atoms. The van der Waals surface area contributed by atoms with Gasteiger partial charge in [0.2, 0.25) is 0 Å². The van der Waals surface area contributed by atoms with Gasteiger partial charge in [-0.25, -0.2) is 4.98 Å². The van der Waals surface area contributed by atoms with Gasteiger partial charge in [-0.05, 0) is 43.2 Å². The summed E-state index contributed by atoms with van der Waals surface area (Å²) in [7, 11) is 0. The topological polar surface area (TPSA) is 76.9 Å². The summed E-state index contributed by atoms with van der Waals surface area (Å²) >= 11 is 0. The van der Waals surface area contributed by atoms with E-state index in [2.05, 4.69) is 15.4 Å². The molecule has 1 N–H and O–H groups in total. The van der Waals surface area contributed by atoms with Crippen LogP contribution >= 0.6 is 0 Å². The molecule has 0 saturated heterocycles. The number of pyridine rings is 1. The van der Waals surface area contributed by atoms with E-state index in [1.54, 1.807) is 18.2 Å². The number of benzene rings is 1. The molecule has 1 aliphatic rings. The third-order valence-corrected chi connectivity index (χ3v) is 4.77. The van der Waals surface area contributed by atoms with E-state index in [4.69, 9.17) is 0 Å². The molecule has 1 fully saturated rings. The number of aldehydes is 1. The van der Waals surface area contributed by atoms with E-state index >= 15 is 0 Å². The number of fused-ring (bicyclic) bond motifs is 1. The van der Waals surface area contributed by atoms with Crippen molar-refractivity contribution in [3.8, 4) is 0 Å². The molecule has 1 amide bonds. The smallest absolute Gasteiger partial charge is 0.321 e. The number of hydrogen-bond donors (Lipinski definition) is 1. The average Bonchev–Trinajstić information content (AvgIpc) is 3.03. The summed E-state index contributed by atoms with van der Waals surface area (Å²) in [4.78, 5) is 26.4.